The van der Waals surface area contributed by atoms with E-state index in [-0.39, 0.29) is 5.91 Å². The zero-order valence-corrected chi connectivity index (χ0v) is 12.8. The van der Waals surface area contributed by atoms with Crippen molar-refractivity contribution < 1.29 is 4.79 Å². The third-order valence-corrected chi connectivity index (χ3v) is 4.12. The lowest BCUT2D eigenvalue weighted by Gasteiger charge is -2.11. The van der Waals surface area contributed by atoms with Crippen molar-refractivity contribution in [3.63, 3.8) is 0 Å². The van der Waals surface area contributed by atoms with E-state index in [4.69, 9.17) is 5.73 Å². The summed E-state index contributed by atoms with van der Waals surface area (Å²) < 4.78 is 0. The molecule has 1 aliphatic heterocycles. The van der Waals surface area contributed by atoms with E-state index in [1.807, 2.05) is 31.2 Å². The van der Waals surface area contributed by atoms with E-state index in [9.17, 15) is 4.79 Å². The zero-order valence-electron chi connectivity index (χ0n) is 12.8. The Balaban J connectivity index is 1.83. The number of rotatable bonds is 2. The van der Waals surface area contributed by atoms with Crippen molar-refractivity contribution in [2.75, 3.05) is 24.1 Å². The number of carbonyl (C=O) groups excluding carboxylic acids is 1. The summed E-state index contributed by atoms with van der Waals surface area (Å²) in [5, 5.41) is 6.34. The summed E-state index contributed by atoms with van der Waals surface area (Å²) in [5.74, 6) is -0.0892. The molecular weight excluding hydrogens is 274 g/mol. The van der Waals surface area contributed by atoms with Gasteiger partial charge in [-0.3, -0.25) is 4.79 Å². The molecule has 0 bridgehead atoms. The lowest BCUT2D eigenvalue weighted by molar-refractivity contribution is 0.102. The molecule has 0 spiro atoms. The van der Waals surface area contributed by atoms with Crippen LogP contribution in [-0.2, 0) is 12.8 Å². The van der Waals surface area contributed by atoms with Crippen LogP contribution in [0.2, 0.25) is 0 Å². The van der Waals surface area contributed by atoms with Crippen LogP contribution in [0.5, 0.6) is 0 Å². The minimum Gasteiger partial charge on any atom is -0.399 e. The Morgan fingerprint density at radius 3 is 2.68 bits per heavy atom. The number of aryl methyl sites for hydroxylation is 1. The normalized spacial score (nSPS) is 14.0. The van der Waals surface area contributed by atoms with Crippen LogP contribution in [0.3, 0.4) is 0 Å². The quantitative estimate of drug-likeness (QED) is 0.746. The molecule has 1 heterocycles. The van der Waals surface area contributed by atoms with Gasteiger partial charge in [-0.2, -0.15) is 0 Å². The van der Waals surface area contributed by atoms with Gasteiger partial charge in [0.1, 0.15) is 0 Å². The molecule has 0 fully saturated rings. The first-order valence-corrected chi connectivity index (χ1v) is 7.63. The average Bonchev–Trinajstić information content (AvgIpc) is 2.75. The number of nitrogens with one attached hydrogen (secondary N) is 2. The fraction of sp³-hybridized carbons (Fsp3) is 0.278. The van der Waals surface area contributed by atoms with Crippen molar-refractivity contribution >= 4 is 17.3 Å². The first-order valence-electron chi connectivity index (χ1n) is 7.63. The van der Waals surface area contributed by atoms with Crippen molar-refractivity contribution in [3.8, 4) is 0 Å². The summed E-state index contributed by atoms with van der Waals surface area (Å²) in [4.78, 5) is 12.5. The second kappa shape index (κ2) is 6.20. The van der Waals surface area contributed by atoms with Crippen molar-refractivity contribution in [2.24, 2.45) is 0 Å². The summed E-state index contributed by atoms with van der Waals surface area (Å²) in [6, 6.07) is 11.5. The molecule has 1 aliphatic rings. The van der Waals surface area contributed by atoms with Gasteiger partial charge in [0.25, 0.3) is 5.91 Å². The molecule has 0 atom stereocenters. The fourth-order valence-corrected chi connectivity index (χ4v) is 2.78. The van der Waals surface area contributed by atoms with Gasteiger partial charge in [-0.15, -0.1) is 0 Å². The van der Waals surface area contributed by atoms with Gasteiger partial charge in [0.15, 0.2) is 0 Å². The number of amides is 1. The molecule has 0 unspecified atom stereocenters. The summed E-state index contributed by atoms with van der Waals surface area (Å²) in [7, 11) is 0. The number of carbonyl (C=O) groups is 1. The van der Waals surface area contributed by atoms with E-state index >= 15 is 0 Å². The predicted octanol–water partition coefficient (Wildman–Crippen LogP) is 2.52. The van der Waals surface area contributed by atoms with Gasteiger partial charge in [-0.1, -0.05) is 12.1 Å². The number of benzene rings is 2. The molecule has 1 amide bonds. The minimum absolute atomic E-state index is 0.0892. The summed E-state index contributed by atoms with van der Waals surface area (Å²) in [5.41, 5.74) is 11.5. The molecule has 0 aromatic heterocycles. The van der Waals surface area contributed by atoms with Crippen molar-refractivity contribution in [1.82, 2.24) is 5.32 Å². The van der Waals surface area contributed by atoms with Gasteiger partial charge in [0.05, 0.1) is 0 Å². The molecule has 0 saturated heterocycles. The first-order chi connectivity index (χ1) is 10.6. The van der Waals surface area contributed by atoms with E-state index < -0.39 is 0 Å². The number of fused-ring (bicyclic) bond motifs is 1. The monoisotopic (exact) mass is 295 g/mol. The van der Waals surface area contributed by atoms with E-state index in [0.29, 0.717) is 11.3 Å². The highest BCUT2D eigenvalue weighted by atomic mass is 16.1. The Hall–Kier alpha value is -2.33. The van der Waals surface area contributed by atoms with Crippen molar-refractivity contribution in [1.29, 1.82) is 0 Å². The van der Waals surface area contributed by atoms with Crippen LogP contribution in [0.1, 0.15) is 27.0 Å². The number of hydrogen-bond acceptors (Lipinski definition) is 3. The third kappa shape index (κ3) is 3.12. The third-order valence-electron chi connectivity index (χ3n) is 4.12. The SMILES string of the molecule is Cc1ccc(N)cc1NC(=O)c1ccc2c(c1)CCNCC2. The van der Waals surface area contributed by atoms with Crippen molar-refractivity contribution in [2.45, 2.75) is 19.8 Å². The predicted molar refractivity (Wildman–Crippen MR) is 90.3 cm³/mol. The van der Waals surface area contributed by atoms with E-state index in [1.165, 1.54) is 11.1 Å². The molecule has 0 radical (unpaired) electrons. The zero-order chi connectivity index (χ0) is 15.5. The summed E-state index contributed by atoms with van der Waals surface area (Å²) >= 11 is 0. The van der Waals surface area contributed by atoms with Gasteiger partial charge in [0, 0.05) is 16.9 Å². The van der Waals surface area contributed by atoms with Gasteiger partial charge in [-0.25, -0.2) is 0 Å². The minimum atomic E-state index is -0.0892. The van der Waals surface area contributed by atoms with Crippen LogP contribution in [-0.4, -0.2) is 19.0 Å². The van der Waals surface area contributed by atoms with Crippen LogP contribution in [0.4, 0.5) is 11.4 Å². The van der Waals surface area contributed by atoms with E-state index in [1.54, 1.807) is 6.07 Å². The van der Waals surface area contributed by atoms with Crippen LogP contribution in [0.15, 0.2) is 36.4 Å². The molecule has 0 aliphatic carbocycles. The highest BCUT2D eigenvalue weighted by Crippen LogP contribution is 2.20. The lowest BCUT2D eigenvalue weighted by atomic mass is 9.99. The molecule has 22 heavy (non-hydrogen) atoms. The molecule has 4 nitrogen and oxygen atoms in total. The standard InChI is InChI=1S/C18H21N3O/c1-12-2-5-16(19)11-17(12)21-18(22)15-4-3-13-6-8-20-9-7-14(13)10-15/h2-5,10-11,20H,6-9,19H2,1H3,(H,21,22). The van der Waals surface area contributed by atoms with Crippen molar-refractivity contribution in [3.05, 3.63) is 58.7 Å². The second-order valence-corrected chi connectivity index (χ2v) is 5.76. The van der Waals surface area contributed by atoms with Gasteiger partial charge >= 0.3 is 0 Å². The van der Waals surface area contributed by atoms with Crippen LogP contribution >= 0.6 is 0 Å². The van der Waals surface area contributed by atoms with Crippen LogP contribution < -0.4 is 16.4 Å². The van der Waals surface area contributed by atoms with Gasteiger partial charge < -0.3 is 16.4 Å². The van der Waals surface area contributed by atoms with Crippen LogP contribution in [0, 0.1) is 6.92 Å². The Labute approximate surface area is 130 Å². The number of nitrogen functional groups attached to an aromatic ring is 1. The number of anilines is 2. The number of hydrogen-bond donors (Lipinski definition) is 3. The molecule has 4 N–H and O–H groups in total. The fourth-order valence-electron chi connectivity index (χ4n) is 2.78. The lowest BCUT2D eigenvalue weighted by Crippen LogP contribution is -2.16. The Morgan fingerprint density at radius 2 is 1.86 bits per heavy atom. The maximum Gasteiger partial charge on any atom is 0.255 e. The maximum absolute atomic E-state index is 12.5. The summed E-state index contributed by atoms with van der Waals surface area (Å²) in [6.07, 6.45) is 1.99. The summed E-state index contributed by atoms with van der Waals surface area (Å²) in [6.45, 7) is 3.92. The Bertz CT molecular complexity index is 709. The van der Waals surface area contributed by atoms with Crippen LogP contribution in [0.25, 0.3) is 0 Å². The highest BCUT2D eigenvalue weighted by molar-refractivity contribution is 6.05. The molecular formula is C18H21N3O. The Kier molecular flexibility index (Phi) is 4.11. The molecule has 0 saturated carbocycles. The maximum atomic E-state index is 12.5. The van der Waals surface area contributed by atoms with Gasteiger partial charge in [0.2, 0.25) is 0 Å². The largest absolute Gasteiger partial charge is 0.399 e. The first kappa shape index (κ1) is 14.6. The van der Waals surface area contributed by atoms with E-state index in [0.717, 1.165) is 37.2 Å². The molecule has 4 heteroatoms. The second-order valence-electron chi connectivity index (χ2n) is 5.76. The Morgan fingerprint density at radius 1 is 1.09 bits per heavy atom. The van der Waals surface area contributed by atoms with Gasteiger partial charge in [-0.05, 0) is 73.8 Å². The molecule has 3 rings (SSSR count). The van der Waals surface area contributed by atoms with E-state index in [2.05, 4.69) is 16.7 Å². The molecule has 2 aromatic carbocycles. The smallest absolute Gasteiger partial charge is 0.255 e. The topological polar surface area (TPSA) is 67.1 Å². The molecule has 2 aromatic rings. The number of nitrogens with two attached hydrogens (primary N) is 1. The highest BCUT2D eigenvalue weighted by Gasteiger charge is 2.12. The average molecular weight is 295 g/mol. The molecule has 114 valence electrons.